The van der Waals surface area contributed by atoms with E-state index in [4.69, 9.17) is 14.2 Å². The molecule has 1 heterocycles. The molecule has 436 valence electrons. The lowest BCUT2D eigenvalue weighted by atomic mass is 9.99. The maximum absolute atomic E-state index is 13.4. The molecule has 8 unspecified atom stereocenters. The van der Waals surface area contributed by atoms with E-state index in [9.17, 15) is 35.1 Å². The molecule has 6 N–H and O–H groups in total. The summed E-state index contributed by atoms with van der Waals surface area (Å²) in [4.78, 5) is 26.5. The first kappa shape index (κ1) is 70.4. The Morgan fingerprint density at radius 3 is 1.44 bits per heavy atom. The molecule has 11 heteroatoms. The summed E-state index contributed by atoms with van der Waals surface area (Å²) in [7, 11) is 0. The van der Waals surface area contributed by atoms with Crippen molar-refractivity contribution in [2.45, 2.75) is 320 Å². The minimum atomic E-state index is -1.63. The van der Waals surface area contributed by atoms with Crippen LogP contribution in [0.3, 0.4) is 0 Å². The van der Waals surface area contributed by atoms with Crippen molar-refractivity contribution in [2.24, 2.45) is 0 Å². The van der Waals surface area contributed by atoms with Gasteiger partial charge in [-0.05, 0) is 44.9 Å². The largest absolute Gasteiger partial charge is 0.454 e. The summed E-state index contributed by atoms with van der Waals surface area (Å²) in [6.07, 6.45) is 54.1. The summed E-state index contributed by atoms with van der Waals surface area (Å²) < 4.78 is 17.6. The van der Waals surface area contributed by atoms with Gasteiger partial charge in [-0.2, -0.15) is 0 Å². The minimum Gasteiger partial charge on any atom is -0.454 e. The standard InChI is InChI=1S/C64H115NO10/c1-4-7-10-13-16-19-22-25-26-27-28-29-30-31-34-36-39-42-45-48-51-57(68)63(72)65-55(56(67)50-47-44-41-38-35-32-23-20-17-14-11-8-5-2)54-73-64-62(61(71)60(70)58(53-66)74-64)75-59(69)52-49-46-43-40-37-33-24-21-18-15-12-9-6-3/h9,12,15,18,21,24,33,37,47,50,55-58,60-62,64,66-68,70-71H,4-8,10-11,13-14,16-17,19-20,22-23,25-32,34-36,38-46,48-49,51-54H2,1-3H3,(H,65,72)/b12-9+,18-15+,24-21-,37-33-,50-47+. The Morgan fingerprint density at radius 1 is 0.533 bits per heavy atom. The molecule has 0 aromatic heterocycles. The average Bonchev–Trinajstić information content (AvgIpc) is 3.41. The molecule has 0 radical (unpaired) electrons. The molecule has 75 heavy (non-hydrogen) atoms. The van der Waals surface area contributed by atoms with Crippen LogP contribution in [0, 0.1) is 0 Å². The van der Waals surface area contributed by atoms with Crippen LogP contribution in [-0.2, 0) is 23.8 Å². The van der Waals surface area contributed by atoms with Gasteiger partial charge in [0.15, 0.2) is 12.4 Å². The number of rotatable bonds is 52. The molecule has 0 aromatic rings. The monoisotopic (exact) mass is 1060 g/mol. The van der Waals surface area contributed by atoms with Gasteiger partial charge < -0.3 is 45.1 Å². The molecule has 0 aromatic carbocycles. The third-order valence-corrected chi connectivity index (χ3v) is 14.5. The number of ether oxygens (including phenoxy) is 3. The number of unbranched alkanes of at least 4 members (excludes halogenated alkanes) is 33. The number of carbonyl (C=O) groups excluding carboxylic acids is 2. The van der Waals surface area contributed by atoms with E-state index in [2.05, 4.69) is 38.2 Å². The molecule has 0 aliphatic carbocycles. The number of aliphatic hydroxyl groups excluding tert-OH is 5. The Kier molecular flexibility index (Phi) is 48.9. The molecular formula is C64H115NO10. The molecule has 0 bridgehead atoms. The fourth-order valence-electron chi connectivity index (χ4n) is 9.60. The highest BCUT2D eigenvalue weighted by Crippen LogP contribution is 2.26. The van der Waals surface area contributed by atoms with Crippen LogP contribution in [0.15, 0.2) is 60.8 Å². The van der Waals surface area contributed by atoms with Gasteiger partial charge in [-0.1, -0.05) is 281 Å². The van der Waals surface area contributed by atoms with Gasteiger partial charge in [0.05, 0.1) is 25.4 Å². The number of hydrogen-bond acceptors (Lipinski definition) is 10. The zero-order valence-electron chi connectivity index (χ0n) is 48.2. The van der Waals surface area contributed by atoms with Gasteiger partial charge in [0, 0.05) is 6.42 Å². The van der Waals surface area contributed by atoms with Crippen LogP contribution in [0.1, 0.15) is 271 Å². The maximum Gasteiger partial charge on any atom is 0.306 e. The Balaban J connectivity index is 2.68. The first-order valence-corrected chi connectivity index (χ1v) is 31.1. The van der Waals surface area contributed by atoms with Crippen molar-refractivity contribution in [3.63, 3.8) is 0 Å². The van der Waals surface area contributed by atoms with Crippen molar-refractivity contribution in [3.8, 4) is 0 Å². The van der Waals surface area contributed by atoms with E-state index in [0.717, 1.165) is 64.2 Å². The second kappa shape index (κ2) is 52.1. The molecule has 1 fully saturated rings. The van der Waals surface area contributed by atoms with Crippen LogP contribution < -0.4 is 5.32 Å². The normalized spacial score (nSPS) is 19.6. The zero-order chi connectivity index (χ0) is 54.7. The summed E-state index contributed by atoms with van der Waals surface area (Å²) in [6.45, 7) is 5.64. The number of nitrogens with one attached hydrogen (secondary N) is 1. The number of amides is 1. The first-order valence-electron chi connectivity index (χ1n) is 31.1. The lowest BCUT2D eigenvalue weighted by molar-refractivity contribution is -0.305. The zero-order valence-corrected chi connectivity index (χ0v) is 48.2. The molecule has 0 saturated carbocycles. The summed E-state index contributed by atoms with van der Waals surface area (Å²) >= 11 is 0. The molecule has 0 spiro atoms. The lowest BCUT2D eigenvalue weighted by Gasteiger charge is -2.41. The van der Waals surface area contributed by atoms with E-state index >= 15 is 0 Å². The third kappa shape index (κ3) is 40.2. The van der Waals surface area contributed by atoms with Gasteiger partial charge in [0.1, 0.15) is 24.4 Å². The Bertz CT molecular complexity index is 1450. The fourth-order valence-corrected chi connectivity index (χ4v) is 9.60. The highest BCUT2D eigenvalue weighted by molar-refractivity contribution is 5.80. The first-order chi connectivity index (χ1) is 36.7. The van der Waals surface area contributed by atoms with Gasteiger partial charge in [-0.25, -0.2) is 0 Å². The van der Waals surface area contributed by atoms with Crippen LogP contribution in [0.5, 0.6) is 0 Å². The predicted octanol–water partition coefficient (Wildman–Crippen LogP) is 14.6. The molecule has 1 amide bonds. The molecule has 1 aliphatic rings. The van der Waals surface area contributed by atoms with Crippen molar-refractivity contribution >= 4 is 11.9 Å². The number of esters is 1. The Labute approximate surface area is 458 Å². The highest BCUT2D eigenvalue weighted by atomic mass is 16.7. The smallest absolute Gasteiger partial charge is 0.306 e. The van der Waals surface area contributed by atoms with E-state index < -0.39 is 67.4 Å². The number of hydrogen-bond donors (Lipinski definition) is 6. The molecule has 1 rings (SSSR count). The van der Waals surface area contributed by atoms with Gasteiger partial charge in [-0.3, -0.25) is 9.59 Å². The summed E-state index contributed by atoms with van der Waals surface area (Å²) in [5.41, 5.74) is 0. The number of aliphatic hydroxyl groups is 5. The highest BCUT2D eigenvalue weighted by Gasteiger charge is 2.47. The van der Waals surface area contributed by atoms with Crippen LogP contribution in [0.25, 0.3) is 0 Å². The van der Waals surface area contributed by atoms with Crippen molar-refractivity contribution < 1.29 is 49.3 Å². The second-order valence-electron chi connectivity index (χ2n) is 21.5. The quantitative estimate of drug-likeness (QED) is 0.0149. The molecular weight excluding hydrogens is 943 g/mol. The number of allylic oxidation sites excluding steroid dienone is 9. The summed E-state index contributed by atoms with van der Waals surface area (Å²) in [5, 5.41) is 56.9. The van der Waals surface area contributed by atoms with Gasteiger partial charge >= 0.3 is 5.97 Å². The van der Waals surface area contributed by atoms with Crippen molar-refractivity contribution in [1.82, 2.24) is 5.32 Å². The van der Waals surface area contributed by atoms with Crippen molar-refractivity contribution in [3.05, 3.63) is 60.8 Å². The van der Waals surface area contributed by atoms with Crippen LogP contribution in [0.4, 0.5) is 0 Å². The van der Waals surface area contributed by atoms with Crippen molar-refractivity contribution in [1.29, 1.82) is 0 Å². The number of carbonyl (C=O) groups is 2. The third-order valence-electron chi connectivity index (χ3n) is 14.5. The maximum atomic E-state index is 13.4. The van der Waals surface area contributed by atoms with Crippen molar-refractivity contribution in [2.75, 3.05) is 13.2 Å². The Morgan fingerprint density at radius 2 is 0.960 bits per heavy atom. The fraction of sp³-hybridized carbons (Fsp3) is 0.812. The SMILES string of the molecule is CC/C=C/C=C/C=C\C=C/CCCCCC(=O)OC1C(OCC(NC(=O)C(O)CCCCCCCCCCCCCCCCCCCCCC)C(O)/C=C/CCCCCCCCCCCCC)OC(CO)C(O)C1O. The second-order valence-corrected chi connectivity index (χ2v) is 21.5. The summed E-state index contributed by atoms with van der Waals surface area (Å²) in [6, 6.07) is -1.03. The minimum absolute atomic E-state index is 0.0773. The molecule has 1 saturated heterocycles. The van der Waals surface area contributed by atoms with Gasteiger partial charge in [0.25, 0.3) is 0 Å². The van der Waals surface area contributed by atoms with E-state index in [-0.39, 0.29) is 13.0 Å². The predicted molar refractivity (Wildman–Crippen MR) is 310 cm³/mol. The van der Waals surface area contributed by atoms with Gasteiger partial charge in [0.2, 0.25) is 5.91 Å². The average molecular weight is 1060 g/mol. The molecule has 8 atom stereocenters. The van der Waals surface area contributed by atoms with Crippen LogP contribution in [-0.4, -0.2) is 99.6 Å². The van der Waals surface area contributed by atoms with Gasteiger partial charge in [-0.15, -0.1) is 0 Å². The van der Waals surface area contributed by atoms with Crippen LogP contribution in [0.2, 0.25) is 0 Å². The topological polar surface area (TPSA) is 175 Å². The summed E-state index contributed by atoms with van der Waals surface area (Å²) in [5.74, 6) is -1.23. The van der Waals surface area contributed by atoms with E-state index in [0.29, 0.717) is 19.3 Å². The van der Waals surface area contributed by atoms with E-state index in [1.807, 2.05) is 42.5 Å². The Hall–Kier alpha value is -2.64. The molecule has 11 nitrogen and oxygen atoms in total. The van der Waals surface area contributed by atoms with E-state index in [1.165, 1.54) is 161 Å². The lowest BCUT2D eigenvalue weighted by Crippen LogP contribution is -2.61. The molecule has 1 aliphatic heterocycles. The van der Waals surface area contributed by atoms with E-state index in [1.54, 1.807) is 6.08 Å². The van der Waals surface area contributed by atoms with Crippen LogP contribution >= 0.6 is 0 Å².